The van der Waals surface area contributed by atoms with Gasteiger partial charge in [-0.3, -0.25) is 9.78 Å². The molecule has 0 radical (unpaired) electrons. The number of aryl methyl sites for hydroxylation is 1. The lowest BCUT2D eigenvalue weighted by Crippen LogP contribution is -2.44. The van der Waals surface area contributed by atoms with Crippen molar-refractivity contribution in [2.45, 2.75) is 32.2 Å². The van der Waals surface area contributed by atoms with E-state index in [0.717, 1.165) is 38.5 Å². The minimum atomic E-state index is -0.580. The van der Waals surface area contributed by atoms with Gasteiger partial charge in [-0.1, -0.05) is 19.1 Å². The van der Waals surface area contributed by atoms with Crippen molar-refractivity contribution in [3.05, 3.63) is 59.7 Å². The molecule has 1 N–H and O–H groups in total. The van der Waals surface area contributed by atoms with Crippen LogP contribution in [0.2, 0.25) is 0 Å². The number of carbonyl (C=O) groups is 1. The van der Waals surface area contributed by atoms with Gasteiger partial charge < -0.3 is 10.2 Å². The topological polar surface area (TPSA) is 45.2 Å². The van der Waals surface area contributed by atoms with E-state index in [1.54, 1.807) is 0 Å². The van der Waals surface area contributed by atoms with Crippen molar-refractivity contribution in [2.75, 3.05) is 18.0 Å². The highest BCUT2D eigenvalue weighted by molar-refractivity contribution is 5.94. The highest BCUT2D eigenvalue weighted by atomic mass is 19.1. The van der Waals surface area contributed by atoms with E-state index in [-0.39, 0.29) is 17.5 Å². The van der Waals surface area contributed by atoms with Gasteiger partial charge in [-0.05, 0) is 43.0 Å². The highest BCUT2D eigenvalue weighted by Crippen LogP contribution is 2.21. The number of carbonyl (C=O) groups excluding carboxylic acids is 1. The van der Waals surface area contributed by atoms with Crippen molar-refractivity contribution < 1.29 is 9.18 Å². The molecule has 1 aromatic carbocycles. The van der Waals surface area contributed by atoms with Crippen LogP contribution in [0.5, 0.6) is 0 Å². The predicted octanol–water partition coefficient (Wildman–Crippen LogP) is 3.18. The van der Waals surface area contributed by atoms with Gasteiger partial charge in [-0.25, -0.2) is 4.39 Å². The molecular formula is C19H22FN3O. The summed E-state index contributed by atoms with van der Waals surface area (Å²) in [5.74, 6) is -0.941. The largest absolute Gasteiger partial charge is 0.371 e. The Kier molecular flexibility index (Phi) is 5.08. The van der Waals surface area contributed by atoms with E-state index in [1.165, 1.54) is 23.5 Å². The summed E-state index contributed by atoms with van der Waals surface area (Å²) in [6.07, 6.45) is 5.25. The van der Waals surface area contributed by atoms with Crippen LogP contribution in [0.4, 0.5) is 10.1 Å². The summed E-state index contributed by atoms with van der Waals surface area (Å²) in [7, 11) is 0. The molecule has 5 heteroatoms. The lowest BCUT2D eigenvalue weighted by Gasteiger charge is -2.34. The molecule has 1 fully saturated rings. The molecule has 0 spiro atoms. The summed E-state index contributed by atoms with van der Waals surface area (Å²) in [4.78, 5) is 18.2. The van der Waals surface area contributed by atoms with E-state index in [0.29, 0.717) is 0 Å². The Bertz CT molecular complexity index is 694. The zero-order chi connectivity index (χ0) is 16.9. The molecule has 126 valence electrons. The molecule has 1 aliphatic heterocycles. The van der Waals surface area contributed by atoms with E-state index in [4.69, 9.17) is 0 Å². The molecule has 0 bridgehead atoms. The Morgan fingerprint density at radius 1 is 1.25 bits per heavy atom. The number of aromatic nitrogens is 1. The first-order valence-corrected chi connectivity index (χ1v) is 8.41. The van der Waals surface area contributed by atoms with Crippen molar-refractivity contribution in [1.82, 2.24) is 10.3 Å². The Hall–Kier alpha value is -2.43. The molecule has 1 amide bonds. The number of anilines is 1. The lowest BCUT2D eigenvalue weighted by atomic mass is 10.0. The zero-order valence-electron chi connectivity index (χ0n) is 13.8. The van der Waals surface area contributed by atoms with Crippen LogP contribution in [0.1, 0.15) is 35.7 Å². The number of rotatable bonds is 4. The molecule has 1 aliphatic rings. The van der Waals surface area contributed by atoms with Gasteiger partial charge in [0.1, 0.15) is 0 Å². The Balaban J connectivity index is 1.55. The predicted molar refractivity (Wildman–Crippen MR) is 92.7 cm³/mol. The molecule has 0 aliphatic carbocycles. The van der Waals surface area contributed by atoms with Gasteiger partial charge in [0.15, 0.2) is 5.82 Å². The van der Waals surface area contributed by atoms with Gasteiger partial charge in [-0.15, -0.1) is 0 Å². The number of piperidine rings is 1. The van der Waals surface area contributed by atoms with Crippen LogP contribution < -0.4 is 10.2 Å². The smallest absolute Gasteiger partial charge is 0.254 e. The Labute approximate surface area is 141 Å². The van der Waals surface area contributed by atoms with Crippen molar-refractivity contribution in [1.29, 1.82) is 0 Å². The Morgan fingerprint density at radius 3 is 2.58 bits per heavy atom. The van der Waals surface area contributed by atoms with Crippen LogP contribution in [0.3, 0.4) is 0 Å². The maximum Gasteiger partial charge on any atom is 0.254 e. The fourth-order valence-corrected chi connectivity index (χ4v) is 3.05. The van der Waals surface area contributed by atoms with Gasteiger partial charge in [-0.2, -0.15) is 0 Å². The van der Waals surface area contributed by atoms with Crippen LogP contribution in [0, 0.1) is 5.82 Å². The second kappa shape index (κ2) is 7.43. The highest BCUT2D eigenvalue weighted by Gasteiger charge is 2.22. The number of benzene rings is 1. The summed E-state index contributed by atoms with van der Waals surface area (Å²) < 4.78 is 13.6. The maximum atomic E-state index is 13.6. The first-order chi connectivity index (χ1) is 11.7. The van der Waals surface area contributed by atoms with Crippen LogP contribution in [0.25, 0.3) is 0 Å². The minimum Gasteiger partial charge on any atom is -0.371 e. The first-order valence-electron chi connectivity index (χ1n) is 8.41. The molecule has 1 saturated heterocycles. The van der Waals surface area contributed by atoms with Gasteiger partial charge in [0, 0.05) is 31.0 Å². The summed E-state index contributed by atoms with van der Waals surface area (Å²) >= 11 is 0. The second-order valence-corrected chi connectivity index (χ2v) is 6.11. The third kappa shape index (κ3) is 3.72. The van der Waals surface area contributed by atoms with E-state index in [9.17, 15) is 9.18 Å². The van der Waals surface area contributed by atoms with Crippen LogP contribution >= 0.6 is 0 Å². The number of nitrogens with zero attached hydrogens (tertiary/aromatic N) is 2. The molecule has 2 heterocycles. The third-order valence-electron chi connectivity index (χ3n) is 4.56. The molecule has 3 rings (SSSR count). The second-order valence-electron chi connectivity index (χ2n) is 6.11. The lowest BCUT2D eigenvalue weighted by molar-refractivity contribution is 0.0927. The van der Waals surface area contributed by atoms with Gasteiger partial charge in [0.05, 0.1) is 11.8 Å². The molecule has 4 nitrogen and oxygen atoms in total. The SMILES string of the molecule is CCc1ccc(N2CCC(NC(=O)c3ccncc3F)CC2)cc1. The number of pyridine rings is 1. The van der Waals surface area contributed by atoms with Crippen LogP contribution in [0.15, 0.2) is 42.7 Å². The molecule has 0 saturated carbocycles. The van der Waals surface area contributed by atoms with E-state index < -0.39 is 5.82 Å². The van der Waals surface area contributed by atoms with E-state index in [2.05, 4.69) is 46.4 Å². The number of hydrogen-bond donors (Lipinski definition) is 1. The molecule has 0 unspecified atom stereocenters. The average Bonchev–Trinajstić information content (AvgIpc) is 2.63. The van der Waals surface area contributed by atoms with E-state index in [1.807, 2.05) is 0 Å². The Morgan fingerprint density at radius 2 is 1.96 bits per heavy atom. The summed E-state index contributed by atoms with van der Waals surface area (Å²) in [6.45, 7) is 3.92. The van der Waals surface area contributed by atoms with Gasteiger partial charge in [0.2, 0.25) is 0 Å². The molecule has 0 atom stereocenters. The minimum absolute atomic E-state index is 0.0579. The van der Waals surface area contributed by atoms with Crippen LogP contribution in [-0.2, 0) is 6.42 Å². The standard InChI is InChI=1S/C19H22FN3O/c1-2-14-3-5-16(6-4-14)23-11-8-15(9-12-23)22-19(24)17-7-10-21-13-18(17)20/h3-7,10,13,15H,2,8-9,11-12H2,1H3,(H,22,24). The van der Waals surface area contributed by atoms with Crippen molar-refractivity contribution in [3.63, 3.8) is 0 Å². The average molecular weight is 327 g/mol. The van der Waals surface area contributed by atoms with E-state index >= 15 is 0 Å². The molecule has 1 aromatic heterocycles. The normalized spacial score (nSPS) is 15.3. The van der Waals surface area contributed by atoms with Gasteiger partial charge >= 0.3 is 0 Å². The number of amides is 1. The fourth-order valence-electron chi connectivity index (χ4n) is 3.05. The number of hydrogen-bond acceptors (Lipinski definition) is 3. The van der Waals surface area contributed by atoms with Gasteiger partial charge in [0.25, 0.3) is 5.91 Å². The molecular weight excluding hydrogens is 305 g/mol. The number of nitrogens with one attached hydrogen (secondary N) is 1. The summed E-state index contributed by atoms with van der Waals surface area (Å²) in [6, 6.07) is 10.1. The van der Waals surface area contributed by atoms with Crippen molar-refractivity contribution in [2.24, 2.45) is 0 Å². The third-order valence-corrected chi connectivity index (χ3v) is 4.56. The fraction of sp³-hybridized carbons (Fsp3) is 0.368. The quantitative estimate of drug-likeness (QED) is 0.938. The maximum absolute atomic E-state index is 13.6. The molecule has 2 aromatic rings. The van der Waals surface area contributed by atoms with Crippen molar-refractivity contribution >= 4 is 11.6 Å². The zero-order valence-corrected chi connectivity index (χ0v) is 13.8. The number of halogens is 1. The van der Waals surface area contributed by atoms with Crippen LogP contribution in [-0.4, -0.2) is 30.0 Å². The molecule has 24 heavy (non-hydrogen) atoms. The summed E-state index contributed by atoms with van der Waals surface area (Å²) in [5.41, 5.74) is 2.61. The summed E-state index contributed by atoms with van der Waals surface area (Å²) in [5, 5.41) is 2.93. The first kappa shape index (κ1) is 16.4. The monoisotopic (exact) mass is 327 g/mol. The van der Waals surface area contributed by atoms with Crippen molar-refractivity contribution in [3.8, 4) is 0 Å².